The van der Waals surface area contributed by atoms with Gasteiger partial charge in [0, 0.05) is 25.8 Å². The summed E-state index contributed by atoms with van der Waals surface area (Å²) >= 11 is 0. The van der Waals surface area contributed by atoms with E-state index in [-0.39, 0.29) is 23.8 Å². The molecule has 3 N–H and O–H groups in total. The van der Waals surface area contributed by atoms with Gasteiger partial charge in [-0.05, 0) is 18.2 Å². The van der Waals surface area contributed by atoms with Gasteiger partial charge in [0.25, 0.3) is 5.91 Å². The number of phenols is 1. The van der Waals surface area contributed by atoms with Gasteiger partial charge in [0.1, 0.15) is 5.75 Å². The van der Waals surface area contributed by atoms with Crippen molar-refractivity contribution in [3.05, 3.63) is 29.8 Å². The Morgan fingerprint density at radius 2 is 2.35 bits per heavy atom. The van der Waals surface area contributed by atoms with E-state index in [1.807, 2.05) is 0 Å². The molecule has 2 atom stereocenters. The SMILES string of the molecule is CO[C@H]1CNCC1NC(=O)c1cccc(O)c1. The number of hydrogen-bond donors (Lipinski definition) is 3. The van der Waals surface area contributed by atoms with Crippen molar-refractivity contribution in [2.24, 2.45) is 0 Å². The summed E-state index contributed by atoms with van der Waals surface area (Å²) in [5, 5.41) is 15.3. The second-order valence-electron chi connectivity index (χ2n) is 4.06. The standard InChI is InChI=1S/C12H16N2O3/c1-17-11-7-13-6-10(11)14-12(16)8-3-2-4-9(15)5-8/h2-5,10-11,13,15H,6-7H2,1H3,(H,14,16)/t10?,11-/m0/s1. The highest BCUT2D eigenvalue weighted by Gasteiger charge is 2.28. The van der Waals surface area contributed by atoms with Crippen molar-refractivity contribution < 1.29 is 14.6 Å². The normalized spacial score (nSPS) is 23.6. The topological polar surface area (TPSA) is 70.6 Å². The molecule has 1 aromatic rings. The fourth-order valence-electron chi connectivity index (χ4n) is 1.95. The number of aromatic hydroxyl groups is 1. The van der Waals surface area contributed by atoms with E-state index in [0.717, 1.165) is 6.54 Å². The Hall–Kier alpha value is -1.59. The van der Waals surface area contributed by atoms with Crippen molar-refractivity contribution in [2.75, 3.05) is 20.2 Å². The van der Waals surface area contributed by atoms with Gasteiger partial charge < -0.3 is 20.5 Å². The Labute approximate surface area is 99.8 Å². The van der Waals surface area contributed by atoms with Crippen molar-refractivity contribution in [3.8, 4) is 5.75 Å². The van der Waals surface area contributed by atoms with Gasteiger partial charge >= 0.3 is 0 Å². The van der Waals surface area contributed by atoms with Gasteiger partial charge in [0.2, 0.25) is 0 Å². The van der Waals surface area contributed by atoms with Crippen LogP contribution >= 0.6 is 0 Å². The van der Waals surface area contributed by atoms with Crippen molar-refractivity contribution in [3.63, 3.8) is 0 Å². The number of benzene rings is 1. The predicted octanol–water partition coefficient (Wildman–Crippen LogP) is 0.109. The molecule has 1 amide bonds. The van der Waals surface area contributed by atoms with Crippen LogP contribution in [0.2, 0.25) is 0 Å². The number of phenolic OH excluding ortho intramolecular Hbond substituents is 1. The first-order chi connectivity index (χ1) is 8.20. The van der Waals surface area contributed by atoms with Crippen molar-refractivity contribution in [1.82, 2.24) is 10.6 Å². The van der Waals surface area contributed by atoms with Gasteiger partial charge in [0.05, 0.1) is 12.1 Å². The monoisotopic (exact) mass is 236 g/mol. The molecule has 17 heavy (non-hydrogen) atoms. The van der Waals surface area contributed by atoms with Crippen LogP contribution < -0.4 is 10.6 Å². The third-order valence-electron chi connectivity index (χ3n) is 2.89. The molecular formula is C12H16N2O3. The van der Waals surface area contributed by atoms with Crippen LogP contribution in [-0.2, 0) is 4.74 Å². The molecular weight excluding hydrogens is 220 g/mol. The van der Waals surface area contributed by atoms with E-state index in [1.54, 1.807) is 19.2 Å². The van der Waals surface area contributed by atoms with E-state index in [9.17, 15) is 9.90 Å². The molecule has 0 bridgehead atoms. The lowest BCUT2D eigenvalue weighted by atomic mass is 10.1. The molecule has 1 unspecified atom stereocenters. The molecule has 2 rings (SSSR count). The maximum absolute atomic E-state index is 11.9. The Balaban J connectivity index is 2.01. The lowest BCUT2D eigenvalue weighted by molar-refractivity contribution is 0.0779. The average Bonchev–Trinajstić information content (AvgIpc) is 2.76. The Bertz CT molecular complexity index is 408. The van der Waals surface area contributed by atoms with Crippen LogP contribution in [0.4, 0.5) is 0 Å². The molecule has 5 heteroatoms. The molecule has 0 aromatic heterocycles. The Morgan fingerprint density at radius 1 is 1.53 bits per heavy atom. The van der Waals surface area contributed by atoms with Crippen LogP contribution in [0.1, 0.15) is 10.4 Å². The van der Waals surface area contributed by atoms with Gasteiger partial charge in [-0.25, -0.2) is 0 Å². The van der Waals surface area contributed by atoms with Crippen LogP contribution in [0.3, 0.4) is 0 Å². The van der Waals surface area contributed by atoms with E-state index in [2.05, 4.69) is 10.6 Å². The van der Waals surface area contributed by atoms with E-state index >= 15 is 0 Å². The highest BCUT2D eigenvalue weighted by Crippen LogP contribution is 2.12. The summed E-state index contributed by atoms with van der Waals surface area (Å²) in [6.45, 7) is 1.44. The first-order valence-corrected chi connectivity index (χ1v) is 5.54. The average molecular weight is 236 g/mol. The number of ether oxygens (including phenoxy) is 1. The smallest absolute Gasteiger partial charge is 0.251 e. The number of carbonyl (C=O) groups excluding carboxylic acids is 1. The molecule has 1 aromatic carbocycles. The largest absolute Gasteiger partial charge is 0.508 e. The summed E-state index contributed by atoms with van der Waals surface area (Å²) in [6, 6.07) is 6.25. The summed E-state index contributed by atoms with van der Waals surface area (Å²) in [7, 11) is 1.63. The Morgan fingerprint density at radius 3 is 3.06 bits per heavy atom. The number of carbonyl (C=O) groups is 1. The van der Waals surface area contributed by atoms with Crippen LogP contribution in [0.5, 0.6) is 5.75 Å². The van der Waals surface area contributed by atoms with Gasteiger partial charge in [0.15, 0.2) is 0 Å². The first-order valence-electron chi connectivity index (χ1n) is 5.54. The number of hydrogen-bond acceptors (Lipinski definition) is 4. The molecule has 0 radical (unpaired) electrons. The zero-order valence-electron chi connectivity index (χ0n) is 9.64. The summed E-state index contributed by atoms with van der Waals surface area (Å²) in [5.74, 6) is -0.109. The zero-order valence-corrected chi connectivity index (χ0v) is 9.64. The van der Waals surface area contributed by atoms with E-state index in [4.69, 9.17) is 4.74 Å². The van der Waals surface area contributed by atoms with E-state index in [0.29, 0.717) is 12.1 Å². The fraction of sp³-hybridized carbons (Fsp3) is 0.417. The van der Waals surface area contributed by atoms with Crippen LogP contribution in [0.25, 0.3) is 0 Å². The van der Waals surface area contributed by atoms with Gasteiger partial charge in [-0.1, -0.05) is 6.07 Å². The van der Waals surface area contributed by atoms with Crippen LogP contribution in [0, 0.1) is 0 Å². The number of amides is 1. The maximum atomic E-state index is 11.9. The van der Waals surface area contributed by atoms with E-state index < -0.39 is 0 Å². The van der Waals surface area contributed by atoms with Gasteiger partial charge in [-0.2, -0.15) is 0 Å². The molecule has 1 aliphatic heterocycles. The van der Waals surface area contributed by atoms with Crippen molar-refractivity contribution in [2.45, 2.75) is 12.1 Å². The predicted molar refractivity (Wildman–Crippen MR) is 63.0 cm³/mol. The highest BCUT2D eigenvalue weighted by molar-refractivity contribution is 5.94. The molecule has 1 heterocycles. The third-order valence-corrected chi connectivity index (χ3v) is 2.89. The number of methoxy groups -OCH3 is 1. The zero-order chi connectivity index (χ0) is 12.3. The lowest BCUT2D eigenvalue weighted by Crippen LogP contribution is -2.43. The summed E-state index contributed by atoms with van der Waals surface area (Å²) < 4.78 is 5.26. The second-order valence-corrected chi connectivity index (χ2v) is 4.06. The summed E-state index contributed by atoms with van der Waals surface area (Å²) in [5.41, 5.74) is 0.451. The second kappa shape index (κ2) is 5.16. The molecule has 5 nitrogen and oxygen atoms in total. The van der Waals surface area contributed by atoms with Crippen molar-refractivity contribution >= 4 is 5.91 Å². The van der Waals surface area contributed by atoms with Gasteiger partial charge in [-0.15, -0.1) is 0 Å². The van der Waals surface area contributed by atoms with Crippen LogP contribution in [-0.4, -0.2) is 43.4 Å². The molecule has 0 spiro atoms. The molecule has 1 saturated heterocycles. The number of nitrogens with one attached hydrogen (secondary N) is 2. The minimum atomic E-state index is -0.198. The fourth-order valence-corrected chi connectivity index (χ4v) is 1.95. The minimum Gasteiger partial charge on any atom is -0.508 e. The molecule has 0 aliphatic carbocycles. The third kappa shape index (κ3) is 2.75. The summed E-state index contributed by atoms with van der Waals surface area (Å²) in [6.07, 6.45) is -0.00346. The minimum absolute atomic E-state index is 0.00346. The molecule has 0 saturated carbocycles. The quantitative estimate of drug-likeness (QED) is 0.696. The summed E-state index contributed by atoms with van der Waals surface area (Å²) in [4.78, 5) is 11.9. The van der Waals surface area contributed by atoms with E-state index in [1.165, 1.54) is 12.1 Å². The van der Waals surface area contributed by atoms with Gasteiger partial charge in [-0.3, -0.25) is 4.79 Å². The van der Waals surface area contributed by atoms with Crippen LogP contribution in [0.15, 0.2) is 24.3 Å². The Kier molecular flexibility index (Phi) is 3.61. The number of rotatable bonds is 3. The van der Waals surface area contributed by atoms with Crippen molar-refractivity contribution in [1.29, 1.82) is 0 Å². The first kappa shape index (κ1) is 11.9. The maximum Gasteiger partial charge on any atom is 0.251 e. The molecule has 1 fully saturated rings. The lowest BCUT2D eigenvalue weighted by Gasteiger charge is -2.18. The molecule has 1 aliphatic rings. The highest BCUT2D eigenvalue weighted by atomic mass is 16.5. The molecule has 92 valence electrons.